The largest absolute Gasteiger partial charge is 0.464 e. The number of hydrogen-bond donors (Lipinski definition) is 0. The molecule has 0 spiro atoms. The minimum absolute atomic E-state index is 0.315. The van der Waals surface area contributed by atoms with E-state index in [0.29, 0.717) is 10.7 Å². The molecule has 1 aromatic carbocycles. The number of nitrogens with zero attached hydrogens (tertiary/aromatic N) is 2. The number of carbonyl (C=O) groups excluding carboxylic acids is 2. The van der Waals surface area contributed by atoms with Crippen LogP contribution < -0.4 is 0 Å². The zero-order chi connectivity index (χ0) is 18.4. The van der Waals surface area contributed by atoms with E-state index in [-0.39, 0.29) is 12.0 Å². The number of aromatic nitrogens is 2. The summed E-state index contributed by atoms with van der Waals surface area (Å²) in [6.07, 6.45) is 2.54. The summed E-state index contributed by atoms with van der Waals surface area (Å²) in [6.45, 7) is 5.33. The number of carbonyl (C=O) groups is 2. The molecular weight excluding hydrogens is 344 g/mol. The van der Waals surface area contributed by atoms with Gasteiger partial charge >= 0.3 is 11.9 Å². The smallest absolute Gasteiger partial charge is 0.356 e. The van der Waals surface area contributed by atoms with Crippen LogP contribution in [0.3, 0.4) is 0 Å². The van der Waals surface area contributed by atoms with Gasteiger partial charge in [0.15, 0.2) is 0 Å². The van der Waals surface area contributed by atoms with Gasteiger partial charge in [-0.05, 0) is 11.6 Å². The number of fused-ring (bicyclic) bond motifs is 1. The molecule has 132 valence electrons. The van der Waals surface area contributed by atoms with Crippen molar-refractivity contribution >= 4 is 23.5 Å². The van der Waals surface area contributed by atoms with Gasteiger partial charge in [-0.2, -0.15) is 0 Å². The molecule has 0 fully saturated rings. The molecule has 0 saturated heterocycles. The topological polar surface area (TPSA) is 70.4 Å². The van der Waals surface area contributed by atoms with E-state index in [1.54, 1.807) is 17.0 Å². The van der Waals surface area contributed by atoms with E-state index in [0.717, 1.165) is 11.1 Å². The Kier molecular flexibility index (Phi) is 4.33. The number of rotatable bonds is 3. The zero-order valence-electron chi connectivity index (χ0n) is 14.4. The summed E-state index contributed by atoms with van der Waals surface area (Å²) in [6, 6.07) is 5.17. The SMILES string of the molecule is COC(=O)c1cncn1C1c2c(Cl)cccc2C(OC(C)=O)C1(C)C. The Morgan fingerprint density at radius 2 is 2.04 bits per heavy atom. The Morgan fingerprint density at radius 1 is 1.32 bits per heavy atom. The lowest BCUT2D eigenvalue weighted by Crippen LogP contribution is -2.31. The van der Waals surface area contributed by atoms with Gasteiger partial charge in [0.25, 0.3) is 0 Å². The van der Waals surface area contributed by atoms with Crippen LogP contribution in [0, 0.1) is 5.41 Å². The second-order valence-corrected chi connectivity index (χ2v) is 7.04. The third-order valence-corrected chi connectivity index (χ3v) is 4.98. The number of halogens is 1. The van der Waals surface area contributed by atoms with Crippen molar-refractivity contribution in [2.45, 2.75) is 32.9 Å². The maximum absolute atomic E-state index is 12.1. The Hall–Kier alpha value is -2.34. The molecule has 2 aromatic rings. The van der Waals surface area contributed by atoms with Gasteiger partial charge in [0.05, 0.1) is 25.7 Å². The van der Waals surface area contributed by atoms with Gasteiger partial charge in [-0.15, -0.1) is 0 Å². The first kappa shape index (κ1) is 17.5. The highest BCUT2D eigenvalue weighted by Crippen LogP contribution is 2.58. The molecule has 0 bridgehead atoms. The zero-order valence-corrected chi connectivity index (χ0v) is 15.2. The van der Waals surface area contributed by atoms with Crippen LogP contribution in [0.2, 0.25) is 5.02 Å². The quantitative estimate of drug-likeness (QED) is 0.781. The van der Waals surface area contributed by atoms with Crippen molar-refractivity contribution in [3.63, 3.8) is 0 Å². The van der Waals surface area contributed by atoms with Crippen LogP contribution >= 0.6 is 11.6 Å². The fraction of sp³-hybridized carbons (Fsp3) is 0.389. The number of esters is 2. The van der Waals surface area contributed by atoms with Crippen molar-refractivity contribution in [3.05, 3.63) is 52.6 Å². The summed E-state index contributed by atoms with van der Waals surface area (Å²) in [4.78, 5) is 27.9. The van der Waals surface area contributed by atoms with Gasteiger partial charge in [0.2, 0.25) is 0 Å². The van der Waals surface area contributed by atoms with Crippen molar-refractivity contribution in [3.8, 4) is 0 Å². The minimum atomic E-state index is -0.553. The summed E-state index contributed by atoms with van der Waals surface area (Å²) in [5.41, 5.74) is 1.42. The van der Waals surface area contributed by atoms with Crippen molar-refractivity contribution < 1.29 is 19.1 Å². The molecule has 0 N–H and O–H groups in total. The van der Waals surface area contributed by atoms with Crippen molar-refractivity contribution in [1.82, 2.24) is 9.55 Å². The number of imidazole rings is 1. The average molecular weight is 363 g/mol. The highest BCUT2D eigenvalue weighted by Gasteiger charge is 2.51. The predicted octanol–water partition coefficient (Wildman–Crippen LogP) is 3.56. The molecule has 2 unspecified atom stereocenters. The van der Waals surface area contributed by atoms with Gasteiger partial charge in [-0.3, -0.25) is 4.79 Å². The number of methoxy groups -OCH3 is 1. The molecule has 1 aromatic heterocycles. The molecule has 3 rings (SSSR count). The number of benzene rings is 1. The molecule has 1 aliphatic carbocycles. The Bertz CT molecular complexity index is 843. The van der Waals surface area contributed by atoms with E-state index in [2.05, 4.69) is 4.98 Å². The monoisotopic (exact) mass is 362 g/mol. The van der Waals surface area contributed by atoms with Crippen LogP contribution in [0.1, 0.15) is 54.5 Å². The molecule has 6 nitrogen and oxygen atoms in total. The number of ether oxygens (including phenoxy) is 2. The van der Waals surface area contributed by atoms with Gasteiger partial charge in [-0.25, -0.2) is 9.78 Å². The van der Waals surface area contributed by atoms with Gasteiger partial charge < -0.3 is 14.0 Å². The summed E-state index contributed by atoms with van der Waals surface area (Å²) in [7, 11) is 1.32. The minimum Gasteiger partial charge on any atom is -0.464 e. The first-order valence-corrected chi connectivity index (χ1v) is 8.22. The lowest BCUT2D eigenvalue weighted by molar-refractivity contribution is -0.153. The predicted molar refractivity (Wildman–Crippen MR) is 91.4 cm³/mol. The van der Waals surface area contributed by atoms with Crippen LogP contribution in [0.15, 0.2) is 30.7 Å². The van der Waals surface area contributed by atoms with Crippen LogP contribution in [-0.2, 0) is 14.3 Å². The molecular formula is C18H19ClN2O4. The van der Waals surface area contributed by atoms with E-state index >= 15 is 0 Å². The van der Waals surface area contributed by atoms with Gasteiger partial charge in [0, 0.05) is 22.9 Å². The third-order valence-electron chi connectivity index (χ3n) is 4.65. The molecule has 0 amide bonds. The van der Waals surface area contributed by atoms with Crippen LogP contribution in [0.25, 0.3) is 0 Å². The van der Waals surface area contributed by atoms with E-state index in [1.807, 2.05) is 26.0 Å². The van der Waals surface area contributed by atoms with E-state index in [1.165, 1.54) is 20.2 Å². The van der Waals surface area contributed by atoms with E-state index < -0.39 is 17.5 Å². The molecule has 7 heteroatoms. The van der Waals surface area contributed by atoms with Gasteiger partial charge in [-0.1, -0.05) is 37.6 Å². The van der Waals surface area contributed by atoms with Crippen LogP contribution in [-0.4, -0.2) is 28.6 Å². The average Bonchev–Trinajstić information content (AvgIpc) is 3.09. The first-order chi connectivity index (χ1) is 11.8. The van der Waals surface area contributed by atoms with Gasteiger partial charge in [0.1, 0.15) is 11.8 Å². The lowest BCUT2D eigenvalue weighted by Gasteiger charge is -2.34. The highest BCUT2D eigenvalue weighted by molar-refractivity contribution is 6.31. The molecule has 1 heterocycles. The standard InChI is InChI=1S/C18H19ClN2O4/c1-10(22)25-16-11-6-5-7-12(19)14(11)15(18(16,2)3)21-9-20-8-13(21)17(23)24-4/h5-9,15-16H,1-4H3. The van der Waals surface area contributed by atoms with Crippen molar-refractivity contribution in [2.24, 2.45) is 5.41 Å². The first-order valence-electron chi connectivity index (χ1n) is 7.84. The Labute approximate surface area is 150 Å². The summed E-state index contributed by atoms with van der Waals surface area (Å²) in [5, 5.41) is 0.551. The summed E-state index contributed by atoms with van der Waals surface area (Å²) in [5.74, 6) is -0.860. The molecule has 0 radical (unpaired) electrons. The van der Waals surface area contributed by atoms with Crippen LogP contribution in [0.4, 0.5) is 0 Å². The molecule has 2 atom stereocenters. The second-order valence-electron chi connectivity index (χ2n) is 6.63. The van der Waals surface area contributed by atoms with E-state index in [4.69, 9.17) is 21.1 Å². The molecule has 0 aliphatic heterocycles. The van der Waals surface area contributed by atoms with Crippen molar-refractivity contribution in [2.75, 3.05) is 7.11 Å². The maximum atomic E-state index is 12.1. The molecule has 25 heavy (non-hydrogen) atoms. The summed E-state index contributed by atoms with van der Waals surface area (Å²) < 4.78 is 12.2. The Morgan fingerprint density at radius 3 is 2.68 bits per heavy atom. The number of hydrogen-bond acceptors (Lipinski definition) is 5. The Balaban J connectivity index is 2.22. The normalized spacial score (nSPS) is 20.8. The highest BCUT2D eigenvalue weighted by atomic mass is 35.5. The van der Waals surface area contributed by atoms with Crippen LogP contribution in [0.5, 0.6) is 0 Å². The second kappa shape index (κ2) is 6.19. The summed E-state index contributed by atoms with van der Waals surface area (Å²) >= 11 is 6.49. The lowest BCUT2D eigenvalue weighted by atomic mass is 9.82. The fourth-order valence-corrected chi connectivity index (χ4v) is 3.92. The molecule has 1 aliphatic rings. The van der Waals surface area contributed by atoms with E-state index in [9.17, 15) is 9.59 Å². The molecule has 0 saturated carbocycles. The third kappa shape index (κ3) is 2.70. The van der Waals surface area contributed by atoms with Crippen molar-refractivity contribution in [1.29, 1.82) is 0 Å². The maximum Gasteiger partial charge on any atom is 0.356 e. The fourth-order valence-electron chi connectivity index (χ4n) is 3.64.